The van der Waals surface area contributed by atoms with Gasteiger partial charge in [-0.05, 0) is 30.6 Å². The maximum absolute atomic E-state index is 15.0. The minimum Gasteiger partial charge on any atom is -0.411 e. The van der Waals surface area contributed by atoms with Crippen LogP contribution in [-0.2, 0) is 4.43 Å². The summed E-state index contributed by atoms with van der Waals surface area (Å²) in [5.41, 5.74) is 0. The van der Waals surface area contributed by atoms with Crippen LogP contribution in [-0.4, -0.2) is 48.3 Å². The van der Waals surface area contributed by atoms with Crippen molar-refractivity contribution in [2.24, 2.45) is 5.92 Å². The van der Waals surface area contributed by atoms with E-state index in [1.54, 1.807) is 12.3 Å². The zero-order valence-corrected chi connectivity index (χ0v) is 15.6. The van der Waals surface area contributed by atoms with Gasteiger partial charge < -0.3 is 14.8 Å². The lowest BCUT2D eigenvalue weighted by atomic mass is 10.1. The summed E-state index contributed by atoms with van der Waals surface area (Å²) in [7, 11) is -2.10. The molecule has 1 fully saturated rings. The van der Waals surface area contributed by atoms with Gasteiger partial charge in [-0.15, -0.1) is 0 Å². The van der Waals surface area contributed by atoms with Crippen molar-refractivity contribution in [3.8, 4) is 0 Å². The van der Waals surface area contributed by atoms with Gasteiger partial charge in [0, 0.05) is 18.7 Å². The summed E-state index contributed by atoms with van der Waals surface area (Å²) in [5.74, 6) is 0.399. The Morgan fingerprint density at radius 2 is 2.13 bits per heavy atom. The van der Waals surface area contributed by atoms with E-state index in [1.807, 2.05) is 0 Å². The third-order valence-corrected chi connectivity index (χ3v) is 9.58. The van der Waals surface area contributed by atoms with Gasteiger partial charge in [0.25, 0.3) is 0 Å². The molecule has 0 unspecified atom stereocenters. The largest absolute Gasteiger partial charge is 0.411 e. The van der Waals surface area contributed by atoms with Gasteiger partial charge in [-0.3, -0.25) is 0 Å². The second-order valence-electron chi connectivity index (χ2n) is 7.81. The molecule has 0 amide bonds. The van der Waals surface area contributed by atoms with E-state index in [4.69, 9.17) is 4.43 Å². The fraction of sp³-hybridized carbons (Fsp3) is 0.750. The SMILES string of the molecule is CC(C)(C)[Si](C)(C)O[C@@H]1[C@@H](CO)C[C@@H](Nc2ccncn2)[C@H]1F. The summed E-state index contributed by atoms with van der Waals surface area (Å²) >= 11 is 0. The number of hydrogen-bond donors (Lipinski definition) is 2. The van der Waals surface area contributed by atoms with E-state index in [-0.39, 0.29) is 17.6 Å². The van der Waals surface area contributed by atoms with Crippen LogP contribution < -0.4 is 5.32 Å². The van der Waals surface area contributed by atoms with Crippen LogP contribution in [0.3, 0.4) is 0 Å². The van der Waals surface area contributed by atoms with Crippen molar-refractivity contribution >= 4 is 14.1 Å². The topological polar surface area (TPSA) is 67.3 Å². The van der Waals surface area contributed by atoms with E-state index >= 15 is 0 Å². The second-order valence-corrected chi connectivity index (χ2v) is 12.6. The van der Waals surface area contributed by atoms with E-state index in [0.29, 0.717) is 12.2 Å². The summed E-state index contributed by atoms with van der Waals surface area (Å²) < 4.78 is 21.3. The lowest BCUT2D eigenvalue weighted by Gasteiger charge is -2.40. The zero-order chi connectivity index (χ0) is 17.3. The van der Waals surface area contributed by atoms with E-state index in [2.05, 4.69) is 49.1 Å². The molecule has 0 aliphatic heterocycles. The number of aliphatic hydroxyl groups excluding tert-OH is 1. The molecular formula is C16H28FN3O2Si. The Kier molecular flexibility index (Phi) is 5.43. The molecule has 130 valence electrons. The molecule has 0 saturated heterocycles. The van der Waals surface area contributed by atoms with Crippen LogP contribution in [0.5, 0.6) is 0 Å². The minimum atomic E-state index is -2.10. The summed E-state index contributed by atoms with van der Waals surface area (Å²) in [6.07, 6.45) is 1.83. The number of hydrogen-bond acceptors (Lipinski definition) is 5. The molecule has 1 saturated carbocycles. The lowest BCUT2D eigenvalue weighted by Crippen LogP contribution is -2.48. The predicted molar refractivity (Wildman–Crippen MR) is 91.6 cm³/mol. The molecule has 2 rings (SSSR count). The summed E-state index contributed by atoms with van der Waals surface area (Å²) in [4.78, 5) is 7.94. The van der Waals surface area contributed by atoms with Crippen LogP contribution >= 0.6 is 0 Å². The highest BCUT2D eigenvalue weighted by Gasteiger charge is 2.49. The Morgan fingerprint density at radius 1 is 1.43 bits per heavy atom. The first kappa shape index (κ1) is 18.3. The standard InChI is InChI=1S/C16H28FN3O2Si/c1-16(2,3)23(4,5)22-15-11(9-21)8-12(14(15)17)20-13-6-7-18-10-19-13/h6-7,10-12,14-15,21H,8-9H2,1-5H3,(H,18,19,20)/t11-,12-,14-,15-/m1/s1. The molecule has 7 heteroatoms. The number of halogens is 1. The molecule has 0 spiro atoms. The quantitative estimate of drug-likeness (QED) is 0.806. The van der Waals surface area contributed by atoms with Crippen molar-refractivity contribution in [2.45, 2.75) is 63.6 Å². The molecule has 1 aromatic rings. The number of aromatic nitrogens is 2. The smallest absolute Gasteiger partial charge is 0.192 e. The van der Waals surface area contributed by atoms with Gasteiger partial charge in [0.15, 0.2) is 8.32 Å². The van der Waals surface area contributed by atoms with Crippen LogP contribution in [0.4, 0.5) is 10.2 Å². The minimum absolute atomic E-state index is 0.00486. The Labute approximate surface area is 138 Å². The van der Waals surface area contributed by atoms with Crippen molar-refractivity contribution in [3.63, 3.8) is 0 Å². The fourth-order valence-corrected chi connectivity index (χ4v) is 4.00. The third-order valence-electron chi connectivity index (χ3n) is 5.11. The highest BCUT2D eigenvalue weighted by Crippen LogP contribution is 2.42. The number of rotatable bonds is 5. The molecular weight excluding hydrogens is 313 g/mol. The van der Waals surface area contributed by atoms with E-state index in [1.165, 1.54) is 6.33 Å². The van der Waals surface area contributed by atoms with Gasteiger partial charge in [-0.1, -0.05) is 20.8 Å². The average Bonchev–Trinajstić information content (AvgIpc) is 2.75. The average molecular weight is 342 g/mol. The Morgan fingerprint density at radius 3 is 2.65 bits per heavy atom. The molecule has 0 radical (unpaired) electrons. The summed E-state index contributed by atoms with van der Waals surface area (Å²) in [6, 6.07) is 1.31. The van der Waals surface area contributed by atoms with Gasteiger partial charge >= 0.3 is 0 Å². The third kappa shape index (κ3) is 4.08. The highest BCUT2D eigenvalue weighted by molar-refractivity contribution is 6.74. The number of nitrogens with one attached hydrogen (secondary N) is 1. The molecule has 2 N–H and O–H groups in total. The van der Waals surface area contributed by atoms with Crippen LogP contribution in [0.25, 0.3) is 0 Å². The Bertz CT molecular complexity index is 510. The predicted octanol–water partition coefficient (Wildman–Crippen LogP) is 3.00. The first-order valence-corrected chi connectivity index (χ1v) is 11.0. The maximum atomic E-state index is 15.0. The van der Waals surface area contributed by atoms with Crippen LogP contribution in [0, 0.1) is 5.92 Å². The number of anilines is 1. The van der Waals surface area contributed by atoms with E-state index in [0.717, 1.165) is 0 Å². The van der Waals surface area contributed by atoms with Gasteiger partial charge in [0.1, 0.15) is 18.3 Å². The maximum Gasteiger partial charge on any atom is 0.192 e. The van der Waals surface area contributed by atoms with Crippen molar-refractivity contribution in [3.05, 3.63) is 18.6 Å². The molecule has 5 nitrogen and oxygen atoms in total. The monoisotopic (exact) mass is 341 g/mol. The fourth-order valence-electron chi connectivity index (χ4n) is 2.64. The molecule has 1 heterocycles. The molecule has 1 aliphatic carbocycles. The Hall–Kier alpha value is -1.05. The normalized spacial score (nSPS) is 28.8. The number of alkyl halides is 1. The zero-order valence-electron chi connectivity index (χ0n) is 14.6. The van der Waals surface area contributed by atoms with Crippen molar-refractivity contribution in [1.29, 1.82) is 0 Å². The molecule has 1 aromatic heterocycles. The molecule has 0 bridgehead atoms. The van der Waals surface area contributed by atoms with Crippen molar-refractivity contribution in [2.75, 3.05) is 11.9 Å². The van der Waals surface area contributed by atoms with Gasteiger partial charge in [-0.2, -0.15) is 0 Å². The van der Waals surface area contributed by atoms with Gasteiger partial charge in [0.2, 0.25) is 0 Å². The second kappa shape index (κ2) is 6.82. The van der Waals surface area contributed by atoms with Crippen molar-refractivity contribution in [1.82, 2.24) is 9.97 Å². The van der Waals surface area contributed by atoms with Gasteiger partial charge in [-0.25, -0.2) is 14.4 Å². The van der Waals surface area contributed by atoms with Crippen LogP contribution in [0.2, 0.25) is 18.1 Å². The highest BCUT2D eigenvalue weighted by atomic mass is 28.4. The molecule has 0 aromatic carbocycles. The van der Waals surface area contributed by atoms with Crippen LogP contribution in [0.15, 0.2) is 18.6 Å². The van der Waals surface area contributed by atoms with E-state index < -0.39 is 26.6 Å². The van der Waals surface area contributed by atoms with Crippen LogP contribution in [0.1, 0.15) is 27.2 Å². The van der Waals surface area contributed by atoms with Gasteiger partial charge in [0.05, 0.1) is 12.1 Å². The van der Waals surface area contributed by atoms with E-state index in [9.17, 15) is 9.50 Å². The molecule has 23 heavy (non-hydrogen) atoms. The molecule has 1 aliphatic rings. The number of aliphatic hydroxyl groups is 1. The summed E-state index contributed by atoms with van der Waals surface area (Å²) in [6.45, 7) is 10.5. The number of nitrogens with zero attached hydrogens (tertiary/aromatic N) is 2. The molecule has 4 atom stereocenters. The lowest BCUT2D eigenvalue weighted by molar-refractivity contribution is 0.0530. The first-order valence-electron chi connectivity index (χ1n) is 8.11. The Balaban J connectivity index is 2.11. The van der Waals surface area contributed by atoms with Crippen molar-refractivity contribution < 1.29 is 13.9 Å². The summed E-state index contributed by atoms with van der Waals surface area (Å²) in [5, 5.41) is 12.8. The first-order chi connectivity index (χ1) is 10.7.